The Morgan fingerprint density at radius 3 is 2.49 bits per heavy atom. The summed E-state index contributed by atoms with van der Waals surface area (Å²) in [5.74, 6) is -0.269. The summed E-state index contributed by atoms with van der Waals surface area (Å²) in [6, 6.07) is 15.2. The molecule has 0 radical (unpaired) electrons. The molecule has 3 amide bonds. The number of hydrogen-bond acceptors (Lipinski definition) is 5. The lowest BCUT2D eigenvalue weighted by molar-refractivity contribution is -0.121. The molecule has 0 bridgehead atoms. The average Bonchev–Trinajstić information content (AvgIpc) is 3.63. The minimum atomic E-state index is -0.522. The first-order valence-corrected chi connectivity index (χ1v) is 13.1. The molecule has 0 saturated heterocycles. The second-order valence-corrected chi connectivity index (χ2v) is 10.2. The van der Waals surface area contributed by atoms with Gasteiger partial charge in [0.25, 0.3) is 11.8 Å². The van der Waals surface area contributed by atoms with Crippen molar-refractivity contribution in [1.29, 1.82) is 0 Å². The zero-order chi connectivity index (χ0) is 24.9. The van der Waals surface area contributed by atoms with Gasteiger partial charge in [0.15, 0.2) is 5.17 Å². The lowest BCUT2D eigenvalue weighted by atomic mass is 10.0. The van der Waals surface area contributed by atoms with Gasteiger partial charge in [-0.1, -0.05) is 47.7 Å². The predicted molar refractivity (Wildman–Crippen MR) is 141 cm³/mol. The van der Waals surface area contributed by atoms with E-state index in [1.807, 2.05) is 25.7 Å². The van der Waals surface area contributed by atoms with Crippen LogP contribution in [0.15, 0.2) is 53.5 Å². The summed E-state index contributed by atoms with van der Waals surface area (Å²) < 4.78 is 0. The summed E-state index contributed by atoms with van der Waals surface area (Å²) >= 11 is 1.34. The van der Waals surface area contributed by atoms with Crippen LogP contribution in [-0.4, -0.2) is 46.1 Å². The molecule has 2 atom stereocenters. The molecule has 1 fully saturated rings. The summed E-state index contributed by atoms with van der Waals surface area (Å²) in [6.07, 6.45) is 2.24. The number of nitrogens with one attached hydrogen (secondary N) is 2. The van der Waals surface area contributed by atoms with Crippen molar-refractivity contribution in [3.8, 4) is 0 Å². The van der Waals surface area contributed by atoms with Crippen LogP contribution >= 0.6 is 11.8 Å². The van der Waals surface area contributed by atoms with Crippen LogP contribution in [0.2, 0.25) is 0 Å². The highest BCUT2D eigenvalue weighted by Crippen LogP contribution is 2.41. The number of hydrogen-bond donors (Lipinski definition) is 2. The SMILES string of the molecule is CCN(CC)C1=NC(=O)[C@@H](CC(=O)Nc2cccc(C(=O)N[C@H](c3ccc(C)cc3)C3CC3)c2)S1. The Morgan fingerprint density at radius 1 is 1.11 bits per heavy atom. The molecule has 2 aromatic rings. The molecule has 1 aliphatic heterocycles. The van der Waals surface area contributed by atoms with Crippen LogP contribution < -0.4 is 10.6 Å². The van der Waals surface area contributed by atoms with E-state index in [4.69, 9.17) is 0 Å². The first kappa shape index (κ1) is 25.0. The molecule has 184 valence electrons. The largest absolute Gasteiger partial charge is 0.352 e. The molecular formula is C27H32N4O3S. The third kappa shape index (κ3) is 6.31. The Bertz CT molecular complexity index is 1120. The zero-order valence-corrected chi connectivity index (χ0v) is 21.2. The van der Waals surface area contributed by atoms with Gasteiger partial charge in [-0.05, 0) is 63.3 Å². The summed E-state index contributed by atoms with van der Waals surface area (Å²) in [6.45, 7) is 7.58. The van der Waals surface area contributed by atoms with Crippen LogP contribution in [0.25, 0.3) is 0 Å². The third-order valence-electron chi connectivity index (χ3n) is 6.36. The lowest BCUT2D eigenvalue weighted by Crippen LogP contribution is -2.30. The highest BCUT2D eigenvalue weighted by molar-refractivity contribution is 8.15. The van der Waals surface area contributed by atoms with Crippen LogP contribution in [0.4, 0.5) is 5.69 Å². The topological polar surface area (TPSA) is 90.9 Å². The Labute approximate surface area is 210 Å². The number of carbonyl (C=O) groups is 3. The Morgan fingerprint density at radius 2 is 1.83 bits per heavy atom. The average molecular weight is 493 g/mol. The molecule has 1 heterocycles. The maximum atomic E-state index is 13.1. The van der Waals surface area contributed by atoms with E-state index in [1.165, 1.54) is 17.3 Å². The van der Waals surface area contributed by atoms with Crippen molar-refractivity contribution in [2.75, 3.05) is 18.4 Å². The van der Waals surface area contributed by atoms with E-state index in [-0.39, 0.29) is 30.2 Å². The number of benzene rings is 2. The van der Waals surface area contributed by atoms with E-state index in [2.05, 4.69) is 39.9 Å². The van der Waals surface area contributed by atoms with Gasteiger partial charge >= 0.3 is 0 Å². The van der Waals surface area contributed by atoms with Crippen LogP contribution in [0.1, 0.15) is 60.6 Å². The number of carbonyl (C=O) groups excluding carboxylic acids is 3. The van der Waals surface area contributed by atoms with E-state index in [0.29, 0.717) is 22.3 Å². The van der Waals surface area contributed by atoms with Crippen LogP contribution in [0, 0.1) is 12.8 Å². The molecule has 0 spiro atoms. The summed E-state index contributed by atoms with van der Waals surface area (Å²) in [4.78, 5) is 44.1. The van der Waals surface area contributed by atoms with Crippen molar-refractivity contribution in [2.45, 2.75) is 51.3 Å². The second-order valence-electron chi connectivity index (χ2n) is 9.04. The molecule has 7 nitrogen and oxygen atoms in total. The van der Waals surface area contributed by atoms with Crippen molar-refractivity contribution in [2.24, 2.45) is 10.9 Å². The molecule has 4 rings (SSSR count). The molecule has 35 heavy (non-hydrogen) atoms. The van der Waals surface area contributed by atoms with Crippen LogP contribution in [0.3, 0.4) is 0 Å². The van der Waals surface area contributed by atoms with Crippen molar-refractivity contribution in [3.05, 3.63) is 65.2 Å². The second kappa shape index (κ2) is 11.1. The smallest absolute Gasteiger partial charge is 0.262 e. The minimum absolute atomic E-state index is 0.0215. The zero-order valence-electron chi connectivity index (χ0n) is 20.4. The Balaban J connectivity index is 1.36. The van der Waals surface area contributed by atoms with E-state index >= 15 is 0 Å². The third-order valence-corrected chi connectivity index (χ3v) is 7.57. The van der Waals surface area contributed by atoms with Crippen molar-refractivity contribution in [1.82, 2.24) is 10.2 Å². The fourth-order valence-electron chi connectivity index (χ4n) is 4.16. The Hall–Kier alpha value is -3.13. The van der Waals surface area contributed by atoms with E-state index in [1.54, 1.807) is 24.3 Å². The number of aliphatic imine (C=N–C) groups is 1. The molecule has 8 heteroatoms. The standard InChI is InChI=1S/C27H32N4O3S/c1-4-31(5-2)27-30-26(34)22(35-27)16-23(32)28-21-8-6-7-20(15-21)25(33)29-24(19-13-14-19)18-11-9-17(3)10-12-18/h6-12,15,19,22,24H,4-5,13-14,16H2,1-3H3,(H,28,32)(H,29,33)/t22-,24-/m1/s1. The van der Waals surface area contributed by atoms with E-state index in [9.17, 15) is 14.4 Å². The Kier molecular flexibility index (Phi) is 7.90. The van der Waals surface area contributed by atoms with Gasteiger partial charge < -0.3 is 15.5 Å². The fraction of sp³-hybridized carbons (Fsp3) is 0.407. The quantitative estimate of drug-likeness (QED) is 0.536. The van der Waals surface area contributed by atoms with Gasteiger partial charge in [0.1, 0.15) is 5.25 Å². The van der Waals surface area contributed by atoms with Crippen molar-refractivity contribution < 1.29 is 14.4 Å². The molecular weight excluding hydrogens is 460 g/mol. The van der Waals surface area contributed by atoms with Crippen LogP contribution in [0.5, 0.6) is 0 Å². The molecule has 0 aromatic heterocycles. The van der Waals surface area contributed by atoms with Gasteiger partial charge in [-0.25, -0.2) is 0 Å². The molecule has 2 aliphatic rings. The normalized spacial score (nSPS) is 18.1. The van der Waals surface area contributed by atoms with Crippen molar-refractivity contribution in [3.63, 3.8) is 0 Å². The first-order chi connectivity index (χ1) is 16.9. The van der Waals surface area contributed by atoms with Gasteiger partial charge in [-0.3, -0.25) is 14.4 Å². The number of amides is 3. The van der Waals surface area contributed by atoms with Gasteiger partial charge in [0, 0.05) is 30.8 Å². The number of amidine groups is 1. The molecule has 2 aromatic carbocycles. The molecule has 0 unspecified atom stereocenters. The maximum absolute atomic E-state index is 13.1. The number of anilines is 1. The maximum Gasteiger partial charge on any atom is 0.262 e. The monoisotopic (exact) mass is 492 g/mol. The first-order valence-electron chi connectivity index (χ1n) is 12.2. The van der Waals surface area contributed by atoms with Gasteiger partial charge in [0.2, 0.25) is 5.91 Å². The highest BCUT2D eigenvalue weighted by Gasteiger charge is 2.34. The molecule has 1 saturated carbocycles. The van der Waals surface area contributed by atoms with E-state index in [0.717, 1.165) is 31.5 Å². The number of nitrogens with zero attached hydrogens (tertiary/aromatic N) is 2. The minimum Gasteiger partial charge on any atom is -0.352 e. The predicted octanol–water partition coefficient (Wildman–Crippen LogP) is 4.54. The molecule has 1 aliphatic carbocycles. The summed E-state index contributed by atoms with van der Waals surface area (Å²) in [5.41, 5.74) is 3.31. The highest BCUT2D eigenvalue weighted by atomic mass is 32.2. The summed E-state index contributed by atoms with van der Waals surface area (Å²) in [7, 11) is 0. The van der Waals surface area contributed by atoms with Gasteiger partial charge in [-0.15, -0.1) is 0 Å². The van der Waals surface area contributed by atoms with Crippen molar-refractivity contribution >= 4 is 40.3 Å². The fourth-order valence-corrected chi connectivity index (χ4v) is 5.35. The van der Waals surface area contributed by atoms with E-state index < -0.39 is 5.25 Å². The number of thioether (sulfide) groups is 1. The number of aryl methyl sites for hydroxylation is 1. The van der Waals surface area contributed by atoms with Gasteiger partial charge in [-0.2, -0.15) is 4.99 Å². The molecule has 2 N–H and O–H groups in total. The number of rotatable bonds is 9. The van der Waals surface area contributed by atoms with Crippen LogP contribution in [-0.2, 0) is 9.59 Å². The summed E-state index contributed by atoms with van der Waals surface area (Å²) in [5, 5.41) is 6.17. The lowest BCUT2D eigenvalue weighted by Gasteiger charge is -2.20. The van der Waals surface area contributed by atoms with Gasteiger partial charge in [0.05, 0.1) is 6.04 Å².